The number of ether oxygens (including phenoxy) is 1. The van der Waals surface area contributed by atoms with Gasteiger partial charge in [-0.3, -0.25) is 9.36 Å². The highest BCUT2D eigenvalue weighted by Gasteiger charge is 2.10. The molecule has 1 N–H and O–H groups in total. The average molecular weight is 279 g/mol. The van der Waals surface area contributed by atoms with E-state index in [1.807, 2.05) is 24.3 Å². The third-order valence-corrected chi connectivity index (χ3v) is 2.97. The Labute approximate surface area is 116 Å². The molecule has 1 atom stereocenters. The first-order valence-electron chi connectivity index (χ1n) is 5.90. The second kappa shape index (κ2) is 6.41. The molecule has 1 aromatic heterocycles. The molecule has 2 aromatic rings. The first-order valence-corrected chi connectivity index (χ1v) is 6.28. The van der Waals surface area contributed by atoms with Crippen LogP contribution in [0.2, 0.25) is 5.02 Å². The maximum Gasteiger partial charge on any atom is 0.252 e. The molecule has 1 heterocycles. The molecule has 0 spiro atoms. The van der Waals surface area contributed by atoms with Crippen molar-refractivity contribution in [2.24, 2.45) is 0 Å². The van der Waals surface area contributed by atoms with E-state index >= 15 is 0 Å². The van der Waals surface area contributed by atoms with Gasteiger partial charge in [-0.2, -0.15) is 0 Å². The Morgan fingerprint density at radius 3 is 2.84 bits per heavy atom. The maximum atomic E-state index is 11.7. The Morgan fingerprint density at radius 2 is 2.16 bits per heavy atom. The Balaban J connectivity index is 2.08. The van der Waals surface area contributed by atoms with Crippen molar-refractivity contribution < 1.29 is 4.74 Å². The van der Waals surface area contributed by atoms with E-state index in [0.717, 1.165) is 5.69 Å². The topological polar surface area (TPSA) is 43.3 Å². The number of hydrogen-bond donors (Lipinski definition) is 1. The molecule has 100 valence electrons. The van der Waals surface area contributed by atoms with Crippen molar-refractivity contribution in [3.8, 4) is 0 Å². The summed E-state index contributed by atoms with van der Waals surface area (Å²) in [5, 5.41) is 3.86. The van der Waals surface area contributed by atoms with E-state index in [1.165, 1.54) is 10.6 Å². The molecule has 0 fully saturated rings. The molecular formula is C14H15ClN2O2. The van der Waals surface area contributed by atoms with Gasteiger partial charge in [0, 0.05) is 30.1 Å². The summed E-state index contributed by atoms with van der Waals surface area (Å²) in [6.07, 6.45) is 1.34. The monoisotopic (exact) mass is 278 g/mol. The van der Waals surface area contributed by atoms with Crippen molar-refractivity contribution in [1.82, 2.24) is 4.57 Å². The minimum absolute atomic E-state index is 0.0951. The number of methoxy groups -OCH3 is 1. The lowest BCUT2D eigenvalue weighted by atomic mass is 10.3. The average Bonchev–Trinajstić information content (AvgIpc) is 2.41. The summed E-state index contributed by atoms with van der Waals surface area (Å²) in [6.45, 7) is 0.473. The zero-order valence-electron chi connectivity index (χ0n) is 10.5. The van der Waals surface area contributed by atoms with Crippen LogP contribution < -0.4 is 10.9 Å². The molecular weight excluding hydrogens is 264 g/mol. The van der Waals surface area contributed by atoms with Crippen molar-refractivity contribution in [2.75, 3.05) is 19.0 Å². The van der Waals surface area contributed by atoms with Gasteiger partial charge in [-0.05, 0) is 24.3 Å². The van der Waals surface area contributed by atoms with E-state index in [0.29, 0.717) is 11.6 Å². The number of anilines is 1. The fourth-order valence-electron chi connectivity index (χ4n) is 1.78. The quantitative estimate of drug-likeness (QED) is 0.914. The molecule has 2 rings (SSSR count). The zero-order chi connectivity index (χ0) is 13.7. The normalized spacial score (nSPS) is 12.1. The van der Waals surface area contributed by atoms with Gasteiger partial charge in [0.1, 0.15) is 0 Å². The van der Waals surface area contributed by atoms with Crippen molar-refractivity contribution in [3.63, 3.8) is 0 Å². The second-order valence-corrected chi connectivity index (χ2v) is 4.46. The van der Waals surface area contributed by atoms with Crippen molar-refractivity contribution >= 4 is 17.3 Å². The standard InChI is InChI=1S/C14H15ClN2O2/c1-19-14(17-8-3-2-7-13(17)18)10-16-12-6-4-5-11(15)9-12/h2-9,14,16H,10H2,1H3. The van der Waals surface area contributed by atoms with Gasteiger partial charge in [0.25, 0.3) is 5.56 Å². The van der Waals surface area contributed by atoms with Gasteiger partial charge in [0.15, 0.2) is 6.23 Å². The lowest BCUT2D eigenvalue weighted by Gasteiger charge is -2.19. The third kappa shape index (κ3) is 3.59. The van der Waals surface area contributed by atoms with E-state index in [2.05, 4.69) is 5.32 Å². The van der Waals surface area contributed by atoms with Crippen LogP contribution in [-0.2, 0) is 4.74 Å². The van der Waals surface area contributed by atoms with E-state index in [9.17, 15) is 4.79 Å². The fourth-order valence-corrected chi connectivity index (χ4v) is 1.97. The minimum Gasteiger partial charge on any atom is -0.380 e. The number of rotatable bonds is 5. The summed E-state index contributed by atoms with van der Waals surface area (Å²) in [6, 6.07) is 12.4. The van der Waals surface area contributed by atoms with Crippen LogP contribution in [-0.4, -0.2) is 18.2 Å². The predicted octanol–water partition coefficient (Wildman–Crippen LogP) is 2.76. The molecule has 0 aliphatic rings. The predicted molar refractivity (Wildman–Crippen MR) is 76.7 cm³/mol. The molecule has 0 aliphatic carbocycles. The molecule has 0 bridgehead atoms. The van der Waals surface area contributed by atoms with E-state index < -0.39 is 0 Å². The number of aromatic nitrogens is 1. The Bertz CT molecular complexity index is 598. The number of halogens is 1. The van der Waals surface area contributed by atoms with Crippen LogP contribution in [0, 0.1) is 0 Å². The molecule has 19 heavy (non-hydrogen) atoms. The summed E-state index contributed by atoms with van der Waals surface area (Å²) in [5.41, 5.74) is 0.792. The van der Waals surface area contributed by atoms with Crippen molar-refractivity contribution in [2.45, 2.75) is 6.23 Å². The van der Waals surface area contributed by atoms with E-state index in [-0.39, 0.29) is 11.8 Å². The zero-order valence-corrected chi connectivity index (χ0v) is 11.3. The van der Waals surface area contributed by atoms with E-state index in [1.54, 1.807) is 25.4 Å². The SMILES string of the molecule is COC(CNc1cccc(Cl)c1)n1ccccc1=O. The van der Waals surface area contributed by atoms with Crippen molar-refractivity contribution in [1.29, 1.82) is 0 Å². The first kappa shape index (κ1) is 13.6. The molecule has 0 saturated heterocycles. The minimum atomic E-state index is -0.368. The fraction of sp³-hybridized carbons (Fsp3) is 0.214. The number of nitrogens with one attached hydrogen (secondary N) is 1. The number of nitrogens with zero attached hydrogens (tertiary/aromatic N) is 1. The lowest BCUT2D eigenvalue weighted by molar-refractivity contribution is 0.0523. The molecule has 1 aromatic carbocycles. The summed E-state index contributed by atoms with van der Waals surface area (Å²) in [4.78, 5) is 11.7. The highest BCUT2D eigenvalue weighted by Crippen LogP contribution is 2.16. The molecule has 0 radical (unpaired) electrons. The summed E-state index contributed by atoms with van der Waals surface area (Å²) in [7, 11) is 1.57. The highest BCUT2D eigenvalue weighted by molar-refractivity contribution is 6.30. The van der Waals surface area contributed by atoms with Crippen LogP contribution in [0.15, 0.2) is 53.5 Å². The van der Waals surface area contributed by atoms with Gasteiger partial charge in [0.05, 0.1) is 6.54 Å². The maximum absolute atomic E-state index is 11.7. The van der Waals surface area contributed by atoms with Crippen molar-refractivity contribution in [3.05, 3.63) is 64.0 Å². The van der Waals surface area contributed by atoms with Crippen LogP contribution in [0.25, 0.3) is 0 Å². The van der Waals surface area contributed by atoms with Crippen LogP contribution in [0.4, 0.5) is 5.69 Å². The number of benzene rings is 1. The molecule has 4 nitrogen and oxygen atoms in total. The smallest absolute Gasteiger partial charge is 0.252 e. The van der Waals surface area contributed by atoms with Gasteiger partial charge in [-0.1, -0.05) is 23.7 Å². The van der Waals surface area contributed by atoms with Gasteiger partial charge in [-0.25, -0.2) is 0 Å². The molecule has 1 unspecified atom stereocenters. The number of hydrogen-bond acceptors (Lipinski definition) is 3. The van der Waals surface area contributed by atoms with Crippen LogP contribution in [0.1, 0.15) is 6.23 Å². The Morgan fingerprint density at radius 1 is 1.32 bits per heavy atom. The lowest BCUT2D eigenvalue weighted by Crippen LogP contribution is -2.29. The Kier molecular flexibility index (Phi) is 4.60. The molecule has 0 saturated carbocycles. The van der Waals surface area contributed by atoms with Gasteiger partial charge >= 0.3 is 0 Å². The summed E-state index contributed by atoms with van der Waals surface area (Å²) in [5.74, 6) is 0. The van der Waals surface area contributed by atoms with Gasteiger partial charge < -0.3 is 10.1 Å². The molecule has 0 amide bonds. The highest BCUT2D eigenvalue weighted by atomic mass is 35.5. The van der Waals surface area contributed by atoms with Crippen LogP contribution in [0.3, 0.4) is 0 Å². The van der Waals surface area contributed by atoms with Gasteiger partial charge in [0.2, 0.25) is 0 Å². The largest absolute Gasteiger partial charge is 0.380 e. The summed E-state index contributed by atoms with van der Waals surface area (Å²) >= 11 is 5.91. The molecule has 5 heteroatoms. The van der Waals surface area contributed by atoms with Crippen LogP contribution in [0.5, 0.6) is 0 Å². The van der Waals surface area contributed by atoms with Crippen LogP contribution >= 0.6 is 11.6 Å². The summed E-state index contributed by atoms with van der Waals surface area (Å²) < 4.78 is 6.88. The van der Waals surface area contributed by atoms with E-state index in [4.69, 9.17) is 16.3 Å². The number of pyridine rings is 1. The second-order valence-electron chi connectivity index (χ2n) is 4.03. The first-order chi connectivity index (χ1) is 9.20. The van der Waals surface area contributed by atoms with Gasteiger partial charge in [-0.15, -0.1) is 0 Å². The molecule has 0 aliphatic heterocycles. The third-order valence-electron chi connectivity index (χ3n) is 2.74. The Hall–Kier alpha value is -1.78.